The first-order chi connectivity index (χ1) is 9.34. The topological polar surface area (TPSA) is 67.1 Å². The van der Waals surface area contributed by atoms with Gasteiger partial charge in [0.25, 0.3) is 0 Å². The number of thioether (sulfide) groups is 1. The zero-order chi connectivity index (χ0) is 13.3. The number of aromatic amines is 1. The van der Waals surface area contributed by atoms with Crippen LogP contribution in [0.3, 0.4) is 0 Å². The Hall–Kier alpha value is -1.75. The molecular formula is C14H18N4S. The van der Waals surface area contributed by atoms with Gasteiger partial charge in [0.15, 0.2) is 5.17 Å². The highest BCUT2D eigenvalue weighted by Crippen LogP contribution is 2.07. The lowest BCUT2D eigenvalue weighted by atomic mass is 10.2. The Balaban J connectivity index is 1.65. The molecule has 1 aromatic carbocycles. The predicted molar refractivity (Wildman–Crippen MR) is 81.1 cm³/mol. The number of amidine groups is 1. The van der Waals surface area contributed by atoms with Crippen molar-refractivity contribution in [2.45, 2.75) is 19.4 Å². The molecule has 0 radical (unpaired) electrons. The molecule has 19 heavy (non-hydrogen) atoms. The largest absolute Gasteiger partial charge is 0.379 e. The van der Waals surface area contributed by atoms with Crippen molar-refractivity contribution in [1.82, 2.24) is 9.97 Å². The summed E-state index contributed by atoms with van der Waals surface area (Å²) in [4.78, 5) is 11.6. The Morgan fingerprint density at radius 2 is 2.16 bits per heavy atom. The molecule has 0 aliphatic heterocycles. The minimum atomic E-state index is 0.651. The first kappa shape index (κ1) is 13.7. The lowest BCUT2D eigenvalue weighted by Gasteiger charge is -2.01. The Morgan fingerprint density at radius 3 is 2.89 bits per heavy atom. The van der Waals surface area contributed by atoms with Gasteiger partial charge < -0.3 is 10.7 Å². The van der Waals surface area contributed by atoms with E-state index in [1.807, 2.05) is 24.4 Å². The van der Waals surface area contributed by atoms with Crippen LogP contribution in [0, 0.1) is 0 Å². The second kappa shape index (κ2) is 7.63. The molecule has 1 heterocycles. The average Bonchev–Trinajstić information content (AvgIpc) is 2.96. The standard InChI is InChI=1S/C14H18N4S/c15-14(18-11-12-5-2-1-3-6-12)19-10-4-7-13-16-8-9-17-13/h1-3,5-6,8-9H,4,7,10-11H2,(H2,15,18)(H,16,17). The van der Waals surface area contributed by atoms with Gasteiger partial charge in [-0.1, -0.05) is 42.1 Å². The molecule has 0 saturated carbocycles. The van der Waals surface area contributed by atoms with Gasteiger partial charge in [-0.3, -0.25) is 4.99 Å². The second-order valence-corrected chi connectivity index (χ2v) is 5.24. The van der Waals surface area contributed by atoms with Gasteiger partial charge in [-0.2, -0.15) is 0 Å². The molecule has 1 aromatic heterocycles. The van der Waals surface area contributed by atoms with Crippen LogP contribution in [0.4, 0.5) is 0 Å². The van der Waals surface area contributed by atoms with Gasteiger partial charge in [-0.25, -0.2) is 4.98 Å². The van der Waals surface area contributed by atoms with E-state index < -0.39 is 0 Å². The average molecular weight is 274 g/mol. The van der Waals surface area contributed by atoms with E-state index in [9.17, 15) is 0 Å². The summed E-state index contributed by atoms with van der Waals surface area (Å²) in [6.45, 7) is 0.651. The van der Waals surface area contributed by atoms with E-state index in [4.69, 9.17) is 5.73 Å². The summed E-state index contributed by atoms with van der Waals surface area (Å²) in [6, 6.07) is 10.1. The molecule has 4 nitrogen and oxygen atoms in total. The molecule has 0 bridgehead atoms. The molecule has 0 saturated heterocycles. The van der Waals surface area contributed by atoms with Crippen LogP contribution in [0.25, 0.3) is 0 Å². The third kappa shape index (κ3) is 5.18. The van der Waals surface area contributed by atoms with Crippen LogP contribution < -0.4 is 5.73 Å². The Kier molecular flexibility index (Phi) is 5.49. The number of benzene rings is 1. The molecule has 0 spiro atoms. The van der Waals surface area contributed by atoms with Crippen molar-refractivity contribution in [2.75, 3.05) is 5.75 Å². The van der Waals surface area contributed by atoms with Gasteiger partial charge in [0, 0.05) is 24.6 Å². The van der Waals surface area contributed by atoms with Gasteiger partial charge >= 0.3 is 0 Å². The first-order valence-electron chi connectivity index (χ1n) is 6.29. The molecule has 0 atom stereocenters. The molecule has 5 heteroatoms. The van der Waals surface area contributed by atoms with Crippen LogP contribution in [0.15, 0.2) is 47.7 Å². The third-order valence-electron chi connectivity index (χ3n) is 2.62. The molecule has 2 aromatic rings. The smallest absolute Gasteiger partial charge is 0.154 e. The molecule has 0 amide bonds. The number of aryl methyl sites for hydroxylation is 1. The predicted octanol–water partition coefficient (Wildman–Crippen LogP) is 2.59. The number of nitrogens with zero attached hydrogens (tertiary/aromatic N) is 2. The van der Waals surface area contributed by atoms with Crippen molar-refractivity contribution in [1.29, 1.82) is 0 Å². The van der Waals surface area contributed by atoms with Crippen LogP contribution >= 0.6 is 11.8 Å². The summed E-state index contributed by atoms with van der Waals surface area (Å²) in [5, 5.41) is 0.656. The molecule has 0 fully saturated rings. The summed E-state index contributed by atoms with van der Waals surface area (Å²) in [5.74, 6) is 1.99. The zero-order valence-corrected chi connectivity index (χ0v) is 11.6. The van der Waals surface area contributed by atoms with Gasteiger partial charge in [-0.15, -0.1) is 0 Å². The summed E-state index contributed by atoms with van der Waals surface area (Å²) >= 11 is 1.60. The molecule has 0 aliphatic rings. The summed E-state index contributed by atoms with van der Waals surface area (Å²) in [6.07, 6.45) is 5.61. The van der Waals surface area contributed by atoms with Crippen molar-refractivity contribution < 1.29 is 0 Å². The fourth-order valence-electron chi connectivity index (χ4n) is 1.65. The number of imidazole rings is 1. The van der Waals surface area contributed by atoms with E-state index in [2.05, 4.69) is 27.1 Å². The number of H-pyrrole nitrogens is 1. The van der Waals surface area contributed by atoms with Crippen molar-refractivity contribution in [3.8, 4) is 0 Å². The highest BCUT2D eigenvalue weighted by Gasteiger charge is 1.98. The lowest BCUT2D eigenvalue weighted by molar-refractivity contribution is 0.866. The monoisotopic (exact) mass is 274 g/mol. The van der Waals surface area contributed by atoms with E-state index in [1.54, 1.807) is 18.0 Å². The molecule has 2 rings (SSSR count). The van der Waals surface area contributed by atoms with Gasteiger partial charge in [0.1, 0.15) is 5.82 Å². The van der Waals surface area contributed by atoms with E-state index in [1.165, 1.54) is 5.56 Å². The number of nitrogens with two attached hydrogens (primary N) is 1. The molecule has 100 valence electrons. The van der Waals surface area contributed by atoms with Crippen LogP contribution in [0.2, 0.25) is 0 Å². The summed E-state index contributed by atoms with van der Waals surface area (Å²) in [5.41, 5.74) is 7.05. The van der Waals surface area contributed by atoms with Crippen LogP contribution in [0.5, 0.6) is 0 Å². The lowest BCUT2D eigenvalue weighted by Crippen LogP contribution is -2.08. The third-order valence-corrected chi connectivity index (χ3v) is 3.54. The minimum Gasteiger partial charge on any atom is -0.379 e. The van der Waals surface area contributed by atoms with E-state index >= 15 is 0 Å². The van der Waals surface area contributed by atoms with Crippen molar-refractivity contribution in [2.24, 2.45) is 10.7 Å². The normalized spacial score (nSPS) is 11.7. The molecule has 0 aliphatic carbocycles. The molecule has 3 N–H and O–H groups in total. The highest BCUT2D eigenvalue weighted by atomic mass is 32.2. The number of nitrogens with one attached hydrogen (secondary N) is 1. The number of rotatable bonds is 6. The van der Waals surface area contributed by atoms with Crippen molar-refractivity contribution >= 4 is 16.9 Å². The zero-order valence-electron chi connectivity index (χ0n) is 10.7. The SMILES string of the molecule is NC(=NCc1ccccc1)SCCCc1ncc[nH]1. The van der Waals surface area contributed by atoms with Crippen LogP contribution in [-0.2, 0) is 13.0 Å². The first-order valence-corrected chi connectivity index (χ1v) is 7.28. The second-order valence-electron chi connectivity index (χ2n) is 4.13. The number of hydrogen-bond donors (Lipinski definition) is 2. The van der Waals surface area contributed by atoms with Gasteiger partial charge in [0.2, 0.25) is 0 Å². The fourth-order valence-corrected chi connectivity index (χ4v) is 2.30. The quantitative estimate of drug-likeness (QED) is 0.483. The Bertz CT molecular complexity index is 493. The van der Waals surface area contributed by atoms with Crippen molar-refractivity contribution in [3.63, 3.8) is 0 Å². The minimum absolute atomic E-state index is 0.651. The maximum absolute atomic E-state index is 5.87. The number of aliphatic imine (C=N–C) groups is 1. The number of aromatic nitrogens is 2. The van der Waals surface area contributed by atoms with Gasteiger partial charge in [-0.05, 0) is 12.0 Å². The highest BCUT2D eigenvalue weighted by molar-refractivity contribution is 8.13. The molecule has 0 unspecified atom stereocenters. The summed E-state index contributed by atoms with van der Waals surface area (Å²) < 4.78 is 0. The maximum Gasteiger partial charge on any atom is 0.154 e. The fraction of sp³-hybridized carbons (Fsp3) is 0.286. The number of hydrogen-bond acceptors (Lipinski definition) is 3. The van der Waals surface area contributed by atoms with E-state index in [0.717, 1.165) is 24.4 Å². The molecular weight excluding hydrogens is 256 g/mol. The van der Waals surface area contributed by atoms with E-state index in [0.29, 0.717) is 11.7 Å². The van der Waals surface area contributed by atoms with Gasteiger partial charge in [0.05, 0.1) is 6.54 Å². The maximum atomic E-state index is 5.87. The van der Waals surface area contributed by atoms with E-state index in [-0.39, 0.29) is 0 Å². The van der Waals surface area contributed by atoms with Crippen LogP contribution in [0.1, 0.15) is 17.8 Å². The summed E-state index contributed by atoms with van der Waals surface area (Å²) in [7, 11) is 0. The van der Waals surface area contributed by atoms with Crippen LogP contribution in [-0.4, -0.2) is 20.9 Å². The van der Waals surface area contributed by atoms with Crippen molar-refractivity contribution in [3.05, 3.63) is 54.1 Å². The Labute approximate surface area is 117 Å². The Morgan fingerprint density at radius 1 is 1.32 bits per heavy atom.